The van der Waals surface area contributed by atoms with Gasteiger partial charge in [0.15, 0.2) is 11.6 Å². The highest BCUT2D eigenvalue weighted by molar-refractivity contribution is 5.49. The predicted octanol–water partition coefficient (Wildman–Crippen LogP) is 2.27. The van der Waals surface area contributed by atoms with Crippen molar-refractivity contribution in [2.45, 2.75) is 26.2 Å². The summed E-state index contributed by atoms with van der Waals surface area (Å²) in [4.78, 5) is 17.3. The maximum absolute atomic E-state index is 4.55. The largest absolute Gasteiger partial charge is 0.373 e. The molecule has 0 fully saturated rings. The van der Waals surface area contributed by atoms with Gasteiger partial charge in [-0.2, -0.15) is 0 Å². The molecule has 0 saturated heterocycles. The Bertz CT molecular complexity index is 531. The van der Waals surface area contributed by atoms with Gasteiger partial charge in [0, 0.05) is 30.9 Å². The van der Waals surface area contributed by atoms with E-state index >= 15 is 0 Å². The van der Waals surface area contributed by atoms with E-state index in [1.165, 1.54) is 0 Å². The zero-order valence-corrected chi connectivity index (χ0v) is 11.1. The van der Waals surface area contributed by atoms with Crippen molar-refractivity contribution in [3.8, 4) is 11.6 Å². The third-order valence-electron chi connectivity index (χ3n) is 2.52. The number of hydrogen-bond acceptors (Lipinski definition) is 5. The van der Waals surface area contributed by atoms with E-state index in [9.17, 15) is 0 Å². The fourth-order valence-corrected chi connectivity index (χ4v) is 1.47. The van der Waals surface area contributed by atoms with Crippen LogP contribution in [0.2, 0.25) is 0 Å². The number of anilines is 1. The first-order valence-corrected chi connectivity index (χ1v) is 5.85. The molecule has 0 bridgehead atoms. The van der Waals surface area contributed by atoms with Gasteiger partial charge in [0.1, 0.15) is 5.82 Å². The van der Waals surface area contributed by atoms with Gasteiger partial charge in [-0.25, -0.2) is 19.9 Å². The minimum Gasteiger partial charge on any atom is -0.373 e. The van der Waals surface area contributed by atoms with Crippen LogP contribution in [0.4, 0.5) is 5.82 Å². The first-order valence-electron chi connectivity index (χ1n) is 5.85. The summed E-state index contributed by atoms with van der Waals surface area (Å²) in [6.45, 7) is 6.35. The summed E-state index contributed by atoms with van der Waals surface area (Å²) in [5.41, 5.74) is 0.919. The van der Waals surface area contributed by atoms with Crippen LogP contribution in [0.3, 0.4) is 0 Å². The molecule has 0 aromatic carbocycles. The lowest BCUT2D eigenvalue weighted by Gasteiger charge is -2.19. The summed E-state index contributed by atoms with van der Waals surface area (Å²) in [6.07, 6.45) is 3.38. The maximum atomic E-state index is 4.55. The van der Waals surface area contributed by atoms with Crippen molar-refractivity contribution in [3.05, 3.63) is 30.2 Å². The molecule has 0 saturated carbocycles. The molecule has 0 aliphatic carbocycles. The number of rotatable bonds is 2. The molecule has 1 N–H and O–H groups in total. The summed E-state index contributed by atoms with van der Waals surface area (Å²) >= 11 is 0. The van der Waals surface area contributed by atoms with Gasteiger partial charge in [0.25, 0.3) is 0 Å². The Morgan fingerprint density at radius 1 is 1.00 bits per heavy atom. The van der Waals surface area contributed by atoms with E-state index in [0.717, 1.165) is 11.5 Å². The lowest BCUT2D eigenvalue weighted by Crippen LogP contribution is -2.15. The fraction of sp³-hybridized carbons (Fsp3) is 0.385. The van der Waals surface area contributed by atoms with E-state index in [1.807, 2.05) is 13.1 Å². The molecule has 0 spiro atoms. The lowest BCUT2D eigenvalue weighted by molar-refractivity contribution is 0.568. The molecule has 0 radical (unpaired) electrons. The molecule has 2 aromatic rings. The van der Waals surface area contributed by atoms with Crippen LogP contribution in [0.1, 0.15) is 26.5 Å². The Hall–Kier alpha value is -2.04. The van der Waals surface area contributed by atoms with Crippen LogP contribution in [0.25, 0.3) is 11.6 Å². The molecule has 18 heavy (non-hydrogen) atoms. The zero-order valence-electron chi connectivity index (χ0n) is 11.1. The molecular weight excluding hydrogens is 226 g/mol. The van der Waals surface area contributed by atoms with Gasteiger partial charge in [-0.05, 0) is 6.07 Å². The van der Waals surface area contributed by atoms with Crippen molar-refractivity contribution in [1.29, 1.82) is 0 Å². The van der Waals surface area contributed by atoms with E-state index < -0.39 is 0 Å². The summed E-state index contributed by atoms with van der Waals surface area (Å²) in [5, 5.41) is 3.04. The highest BCUT2D eigenvalue weighted by atomic mass is 15.1. The van der Waals surface area contributed by atoms with Crippen LogP contribution >= 0.6 is 0 Å². The van der Waals surface area contributed by atoms with Gasteiger partial charge in [0.05, 0.1) is 5.69 Å². The Morgan fingerprint density at radius 2 is 1.67 bits per heavy atom. The zero-order chi connectivity index (χ0) is 13.2. The molecular formula is C13H17N5. The van der Waals surface area contributed by atoms with Crippen LogP contribution in [0.15, 0.2) is 24.5 Å². The van der Waals surface area contributed by atoms with E-state index in [1.54, 1.807) is 18.5 Å². The van der Waals surface area contributed by atoms with E-state index in [2.05, 4.69) is 46.0 Å². The molecule has 0 aliphatic heterocycles. The lowest BCUT2D eigenvalue weighted by atomic mass is 9.92. The number of hydrogen-bond donors (Lipinski definition) is 1. The SMILES string of the molecule is CNc1cc(C(C)(C)C)nc(-c2ncccn2)n1. The Kier molecular flexibility index (Phi) is 3.23. The van der Waals surface area contributed by atoms with Crippen molar-refractivity contribution in [2.24, 2.45) is 0 Å². The van der Waals surface area contributed by atoms with E-state index in [-0.39, 0.29) is 5.41 Å². The minimum atomic E-state index is -0.0436. The Balaban J connectivity index is 2.55. The Labute approximate surface area is 107 Å². The van der Waals surface area contributed by atoms with Crippen molar-refractivity contribution in [1.82, 2.24) is 19.9 Å². The molecule has 0 aliphatic rings. The van der Waals surface area contributed by atoms with Gasteiger partial charge >= 0.3 is 0 Å². The van der Waals surface area contributed by atoms with Crippen LogP contribution in [-0.2, 0) is 5.41 Å². The van der Waals surface area contributed by atoms with Crippen molar-refractivity contribution >= 4 is 5.82 Å². The number of aromatic nitrogens is 4. The molecule has 5 nitrogen and oxygen atoms in total. The van der Waals surface area contributed by atoms with Gasteiger partial charge in [0.2, 0.25) is 0 Å². The third-order valence-corrected chi connectivity index (χ3v) is 2.52. The monoisotopic (exact) mass is 243 g/mol. The minimum absolute atomic E-state index is 0.0436. The van der Waals surface area contributed by atoms with E-state index in [4.69, 9.17) is 0 Å². The van der Waals surface area contributed by atoms with Crippen LogP contribution in [0.5, 0.6) is 0 Å². The normalized spacial score (nSPS) is 11.3. The molecule has 2 aromatic heterocycles. The highest BCUT2D eigenvalue weighted by Crippen LogP contribution is 2.24. The standard InChI is InChI=1S/C13H17N5/c1-13(2,3)9-8-10(14-4)18-12(17-9)11-15-6-5-7-16-11/h5-8H,1-4H3,(H,14,17,18). The Morgan fingerprint density at radius 3 is 2.22 bits per heavy atom. The molecule has 2 rings (SSSR count). The van der Waals surface area contributed by atoms with Crippen molar-refractivity contribution in [2.75, 3.05) is 12.4 Å². The fourth-order valence-electron chi connectivity index (χ4n) is 1.47. The van der Waals surface area contributed by atoms with E-state index in [0.29, 0.717) is 11.6 Å². The van der Waals surface area contributed by atoms with Gasteiger partial charge in [-0.15, -0.1) is 0 Å². The average molecular weight is 243 g/mol. The molecule has 94 valence electrons. The van der Waals surface area contributed by atoms with Crippen molar-refractivity contribution in [3.63, 3.8) is 0 Å². The predicted molar refractivity (Wildman–Crippen MR) is 71.3 cm³/mol. The first-order chi connectivity index (χ1) is 8.50. The van der Waals surface area contributed by atoms with Crippen LogP contribution in [-0.4, -0.2) is 27.0 Å². The summed E-state index contributed by atoms with van der Waals surface area (Å²) < 4.78 is 0. The topological polar surface area (TPSA) is 63.6 Å². The smallest absolute Gasteiger partial charge is 0.199 e. The molecule has 5 heteroatoms. The summed E-state index contributed by atoms with van der Waals surface area (Å²) in [5.74, 6) is 1.87. The average Bonchev–Trinajstić information content (AvgIpc) is 2.38. The first kappa shape index (κ1) is 12.4. The van der Waals surface area contributed by atoms with Gasteiger partial charge in [-0.3, -0.25) is 0 Å². The molecule has 0 atom stereocenters. The van der Waals surface area contributed by atoms with Crippen LogP contribution < -0.4 is 5.32 Å². The highest BCUT2D eigenvalue weighted by Gasteiger charge is 2.18. The van der Waals surface area contributed by atoms with Gasteiger partial charge in [-0.1, -0.05) is 20.8 Å². The van der Waals surface area contributed by atoms with Crippen molar-refractivity contribution < 1.29 is 0 Å². The number of nitrogens with one attached hydrogen (secondary N) is 1. The maximum Gasteiger partial charge on any atom is 0.199 e. The second kappa shape index (κ2) is 4.68. The quantitative estimate of drug-likeness (QED) is 0.876. The summed E-state index contributed by atoms with van der Waals surface area (Å²) in [6, 6.07) is 3.72. The molecule has 2 heterocycles. The third kappa shape index (κ3) is 2.61. The number of nitrogens with zero attached hydrogens (tertiary/aromatic N) is 4. The summed E-state index contributed by atoms with van der Waals surface area (Å²) in [7, 11) is 1.84. The molecule has 0 unspecified atom stereocenters. The van der Waals surface area contributed by atoms with Crippen LogP contribution in [0, 0.1) is 0 Å². The van der Waals surface area contributed by atoms with Gasteiger partial charge < -0.3 is 5.32 Å². The molecule has 0 amide bonds. The second-order valence-electron chi connectivity index (χ2n) is 5.03. The second-order valence-corrected chi connectivity index (χ2v) is 5.03.